The quantitative estimate of drug-likeness (QED) is 0.671. The van der Waals surface area contributed by atoms with Crippen LogP contribution in [0.1, 0.15) is 45.4 Å². The largest absolute Gasteiger partial charge is 0.369 e. The molecule has 0 spiro atoms. The van der Waals surface area contributed by atoms with Crippen molar-refractivity contribution in [3.63, 3.8) is 0 Å². The van der Waals surface area contributed by atoms with Crippen LogP contribution in [0.2, 0.25) is 0 Å². The summed E-state index contributed by atoms with van der Waals surface area (Å²) in [6, 6.07) is 0.148. The van der Waals surface area contributed by atoms with Gasteiger partial charge < -0.3 is 16.8 Å². The highest BCUT2D eigenvalue weighted by Crippen LogP contribution is 2.38. The number of nitrogens with one attached hydrogen (secondary N) is 1. The fourth-order valence-corrected chi connectivity index (χ4v) is 2.73. The minimum Gasteiger partial charge on any atom is -0.369 e. The topological polar surface area (TPSA) is 98.2 Å². The van der Waals surface area contributed by atoms with Crippen LogP contribution in [-0.4, -0.2) is 23.4 Å². The minimum absolute atomic E-state index is 0.0224. The second-order valence-electron chi connectivity index (χ2n) is 5.98. The van der Waals surface area contributed by atoms with Crippen molar-refractivity contribution >= 4 is 11.8 Å². The third kappa shape index (κ3) is 2.83. The van der Waals surface area contributed by atoms with Crippen LogP contribution in [-0.2, 0) is 9.59 Å². The van der Waals surface area contributed by atoms with Gasteiger partial charge in [0.05, 0.1) is 5.54 Å². The van der Waals surface area contributed by atoms with Crippen LogP contribution < -0.4 is 16.8 Å². The number of amides is 2. The molecule has 5 N–H and O–H groups in total. The van der Waals surface area contributed by atoms with Gasteiger partial charge in [-0.1, -0.05) is 0 Å². The Bertz CT molecular complexity index is 342. The maximum atomic E-state index is 12.1. The van der Waals surface area contributed by atoms with Crippen molar-refractivity contribution in [2.75, 3.05) is 0 Å². The Morgan fingerprint density at radius 1 is 1.11 bits per heavy atom. The molecule has 2 rings (SSSR count). The lowest BCUT2D eigenvalue weighted by molar-refractivity contribution is -0.127. The fourth-order valence-electron chi connectivity index (χ4n) is 2.73. The van der Waals surface area contributed by atoms with E-state index < -0.39 is 5.54 Å². The summed E-state index contributed by atoms with van der Waals surface area (Å²) in [6.45, 7) is 1.81. The summed E-state index contributed by atoms with van der Waals surface area (Å²) in [6.07, 6.45) is 5.28. The van der Waals surface area contributed by atoms with Crippen LogP contribution in [0.4, 0.5) is 0 Å². The van der Waals surface area contributed by atoms with E-state index in [1.54, 1.807) is 0 Å². The zero-order chi connectivity index (χ0) is 13.3. The van der Waals surface area contributed by atoms with E-state index in [0.717, 1.165) is 38.5 Å². The van der Waals surface area contributed by atoms with Crippen molar-refractivity contribution < 1.29 is 9.59 Å². The molecular weight excluding hydrogens is 230 g/mol. The Balaban J connectivity index is 1.81. The molecule has 5 heteroatoms. The van der Waals surface area contributed by atoms with Crippen molar-refractivity contribution in [1.29, 1.82) is 0 Å². The lowest BCUT2D eigenvalue weighted by Crippen LogP contribution is -2.56. The van der Waals surface area contributed by atoms with Gasteiger partial charge in [0.2, 0.25) is 11.8 Å². The molecular formula is C13H23N3O2. The van der Waals surface area contributed by atoms with Crippen molar-refractivity contribution in [3.05, 3.63) is 0 Å². The minimum atomic E-state index is -0.736. The first kappa shape index (κ1) is 13.3. The highest BCUT2D eigenvalue weighted by atomic mass is 16.2. The van der Waals surface area contributed by atoms with E-state index >= 15 is 0 Å². The summed E-state index contributed by atoms with van der Waals surface area (Å²) in [5.41, 5.74) is 10.6. The number of rotatable bonds is 4. The summed E-state index contributed by atoms with van der Waals surface area (Å²) in [5.74, 6) is 0.0410. The molecule has 2 amide bonds. The zero-order valence-corrected chi connectivity index (χ0v) is 10.9. The SMILES string of the molecule is CC(N)(C(=O)NC1CCC(C(N)=O)CC1)C1CC1. The number of nitrogens with two attached hydrogens (primary N) is 2. The molecule has 0 heterocycles. The third-order valence-electron chi connectivity index (χ3n) is 4.38. The van der Waals surface area contributed by atoms with Gasteiger partial charge in [0, 0.05) is 12.0 Å². The van der Waals surface area contributed by atoms with Crippen molar-refractivity contribution in [2.24, 2.45) is 23.3 Å². The second kappa shape index (κ2) is 4.88. The molecule has 0 radical (unpaired) electrons. The fraction of sp³-hybridized carbons (Fsp3) is 0.846. The average molecular weight is 253 g/mol. The second-order valence-corrected chi connectivity index (χ2v) is 5.98. The highest BCUT2D eigenvalue weighted by Gasteiger charge is 2.44. The highest BCUT2D eigenvalue weighted by molar-refractivity contribution is 5.86. The van der Waals surface area contributed by atoms with Gasteiger partial charge in [-0.05, 0) is 51.4 Å². The van der Waals surface area contributed by atoms with Crippen LogP contribution >= 0.6 is 0 Å². The van der Waals surface area contributed by atoms with Crippen LogP contribution in [0.25, 0.3) is 0 Å². The molecule has 2 aliphatic carbocycles. The molecule has 1 atom stereocenters. The Kier molecular flexibility index (Phi) is 3.61. The first-order chi connectivity index (χ1) is 8.41. The molecule has 0 saturated heterocycles. The van der Waals surface area contributed by atoms with E-state index in [9.17, 15) is 9.59 Å². The van der Waals surface area contributed by atoms with E-state index in [4.69, 9.17) is 11.5 Å². The smallest absolute Gasteiger partial charge is 0.240 e. The first-order valence-electron chi connectivity index (χ1n) is 6.80. The number of hydrogen-bond donors (Lipinski definition) is 3. The van der Waals surface area contributed by atoms with Gasteiger partial charge in [-0.25, -0.2) is 0 Å². The van der Waals surface area contributed by atoms with Gasteiger partial charge in [-0.3, -0.25) is 9.59 Å². The molecule has 5 nitrogen and oxygen atoms in total. The van der Waals surface area contributed by atoms with Crippen molar-refractivity contribution in [3.8, 4) is 0 Å². The predicted molar refractivity (Wildman–Crippen MR) is 68.4 cm³/mol. The van der Waals surface area contributed by atoms with Crippen LogP contribution in [0.3, 0.4) is 0 Å². The summed E-state index contributed by atoms with van der Waals surface area (Å²) in [4.78, 5) is 23.2. The maximum Gasteiger partial charge on any atom is 0.240 e. The third-order valence-corrected chi connectivity index (χ3v) is 4.38. The van der Waals surface area contributed by atoms with Crippen LogP contribution in [0, 0.1) is 11.8 Å². The lowest BCUT2D eigenvalue weighted by atomic mass is 9.85. The molecule has 0 bridgehead atoms. The Morgan fingerprint density at radius 3 is 2.11 bits per heavy atom. The van der Waals surface area contributed by atoms with Crippen molar-refractivity contribution in [2.45, 2.75) is 57.0 Å². The monoisotopic (exact) mass is 253 g/mol. The Morgan fingerprint density at radius 2 is 1.67 bits per heavy atom. The molecule has 0 aliphatic heterocycles. The summed E-state index contributed by atoms with van der Waals surface area (Å²) < 4.78 is 0. The van der Waals surface area contributed by atoms with Gasteiger partial charge in [0.15, 0.2) is 0 Å². The standard InChI is InChI=1S/C13H23N3O2/c1-13(15,9-4-5-9)12(18)16-10-6-2-8(3-7-10)11(14)17/h8-10H,2-7,15H2,1H3,(H2,14,17)(H,16,18). The summed E-state index contributed by atoms with van der Waals surface area (Å²) >= 11 is 0. The van der Waals surface area contributed by atoms with Crippen LogP contribution in [0.5, 0.6) is 0 Å². The Hall–Kier alpha value is -1.10. The van der Waals surface area contributed by atoms with Crippen LogP contribution in [0.15, 0.2) is 0 Å². The number of carbonyl (C=O) groups is 2. The zero-order valence-electron chi connectivity index (χ0n) is 10.9. The molecule has 1 unspecified atom stereocenters. The van der Waals surface area contributed by atoms with Gasteiger partial charge in [0.25, 0.3) is 0 Å². The number of carbonyl (C=O) groups excluding carboxylic acids is 2. The van der Waals surface area contributed by atoms with E-state index in [1.807, 2.05) is 6.92 Å². The molecule has 0 aromatic rings. The lowest BCUT2D eigenvalue weighted by Gasteiger charge is -2.31. The number of primary amides is 1. The van der Waals surface area contributed by atoms with Gasteiger partial charge in [-0.15, -0.1) is 0 Å². The molecule has 0 aromatic heterocycles. The van der Waals surface area contributed by atoms with E-state index in [2.05, 4.69) is 5.32 Å². The van der Waals surface area contributed by atoms with Gasteiger partial charge in [0.1, 0.15) is 0 Å². The molecule has 2 fully saturated rings. The van der Waals surface area contributed by atoms with E-state index in [1.165, 1.54) is 0 Å². The maximum absolute atomic E-state index is 12.1. The Labute approximate surface area is 108 Å². The summed E-state index contributed by atoms with van der Waals surface area (Å²) in [7, 11) is 0. The van der Waals surface area contributed by atoms with E-state index in [-0.39, 0.29) is 23.8 Å². The summed E-state index contributed by atoms with van der Waals surface area (Å²) in [5, 5.41) is 3.02. The molecule has 18 heavy (non-hydrogen) atoms. The molecule has 2 aliphatic rings. The predicted octanol–water partition coefficient (Wildman–Crippen LogP) is 0.274. The van der Waals surface area contributed by atoms with E-state index in [0.29, 0.717) is 5.92 Å². The van der Waals surface area contributed by atoms with Gasteiger partial charge >= 0.3 is 0 Å². The van der Waals surface area contributed by atoms with Gasteiger partial charge in [-0.2, -0.15) is 0 Å². The molecule has 2 saturated carbocycles. The normalized spacial score (nSPS) is 31.4. The molecule has 102 valence electrons. The van der Waals surface area contributed by atoms with Crippen molar-refractivity contribution in [1.82, 2.24) is 5.32 Å². The first-order valence-corrected chi connectivity index (χ1v) is 6.80. The number of hydrogen-bond acceptors (Lipinski definition) is 3. The average Bonchev–Trinajstić information content (AvgIpc) is 3.13. The molecule has 0 aromatic carbocycles.